The molecule has 0 aromatic carbocycles. The van der Waals surface area contributed by atoms with E-state index in [1.54, 1.807) is 6.92 Å². The Morgan fingerprint density at radius 3 is 2.58 bits per heavy atom. The molecule has 0 amide bonds. The van der Waals surface area contributed by atoms with E-state index >= 15 is 0 Å². The number of aliphatic hydroxyl groups is 2. The van der Waals surface area contributed by atoms with Gasteiger partial charge in [0, 0.05) is 0 Å². The van der Waals surface area contributed by atoms with E-state index in [0.29, 0.717) is 6.42 Å². The highest BCUT2D eigenvalue weighted by atomic mass is 16.5. The predicted molar refractivity (Wildman–Crippen MR) is 39.3 cm³/mol. The summed E-state index contributed by atoms with van der Waals surface area (Å²) in [6.07, 6.45) is -2.77. The molecule has 0 radical (unpaired) electrons. The molecule has 70 valence electrons. The lowest BCUT2D eigenvalue weighted by atomic mass is 10.2. The lowest BCUT2D eigenvalue weighted by molar-refractivity contribution is -0.160. The molecule has 0 heterocycles. The van der Waals surface area contributed by atoms with Crippen LogP contribution in [-0.2, 0) is 14.3 Å². The van der Waals surface area contributed by atoms with Gasteiger partial charge in [-0.1, -0.05) is 6.92 Å². The van der Waals surface area contributed by atoms with E-state index in [9.17, 15) is 9.59 Å². The second kappa shape index (κ2) is 5.68. The zero-order valence-electron chi connectivity index (χ0n) is 6.77. The molecule has 5 heteroatoms. The van der Waals surface area contributed by atoms with Crippen molar-refractivity contribution in [3.05, 3.63) is 0 Å². The van der Waals surface area contributed by atoms with Gasteiger partial charge in [0.2, 0.25) is 0 Å². The van der Waals surface area contributed by atoms with Crippen LogP contribution in [0.1, 0.15) is 13.3 Å². The van der Waals surface area contributed by atoms with E-state index in [0.717, 1.165) is 0 Å². The van der Waals surface area contributed by atoms with Crippen LogP contribution in [-0.4, -0.2) is 41.3 Å². The minimum Gasteiger partial charge on any atom is -0.464 e. The van der Waals surface area contributed by atoms with Crippen molar-refractivity contribution < 1.29 is 24.5 Å². The molecule has 0 aliphatic heterocycles. The first-order valence-electron chi connectivity index (χ1n) is 3.61. The van der Waals surface area contributed by atoms with E-state index in [1.165, 1.54) is 0 Å². The molecule has 0 saturated heterocycles. The van der Waals surface area contributed by atoms with Crippen molar-refractivity contribution in [3.63, 3.8) is 0 Å². The Kier molecular flexibility index (Phi) is 5.23. The van der Waals surface area contributed by atoms with Crippen molar-refractivity contribution in [2.24, 2.45) is 0 Å². The van der Waals surface area contributed by atoms with Gasteiger partial charge in [-0.3, -0.25) is 0 Å². The lowest BCUT2D eigenvalue weighted by Crippen LogP contribution is -2.36. The van der Waals surface area contributed by atoms with Crippen LogP contribution in [0.25, 0.3) is 0 Å². The van der Waals surface area contributed by atoms with Crippen LogP contribution in [0.3, 0.4) is 0 Å². The van der Waals surface area contributed by atoms with Crippen molar-refractivity contribution in [2.75, 3.05) is 6.61 Å². The molecule has 12 heavy (non-hydrogen) atoms. The number of rotatable bonds is 5. The Morgan fingerprint density at radius 2 is 2.17 bits per heavy atom. The van der Waals surface area contributed by atoms with E-state index in [2.05, 4.69) is 4.74 Å². The monoisotopic (exact) mass is 176 g/mol. The maximum Gasteiger partial charge on any atom is 0.338 e. The fourth-order valence-electron chi connectivity index (χ4n) is 0.502. The Hall–Kier alpha value is -0.940. The second-order valence-electron chi connectivity index (χ2n) is 2.24. The van der Waals surface area contributed by atoms with E-state index in [-0.39, 0.29) is 12.9 Å². The van der Waals surface area contributed by atoms with Crippen LogP contribution in [0, 0.1) is 0 Å². The average Bonchev–Trinajstić information content (AvgIpc) is 2.11. The highest BCUT2D eigenvalue weighted by Crippen LogP contribution is 1.94. The Balaban J connectivity index is 3.83. The fraction of sp³-hybridized carbons (Fsp3) is 0.714. The number of carbonyl (C=O) groups excluding carboxylic acids is 2. The number of aliphatic hydroxyl groups excluding tert-OH is 2. The topological polar surface area (TPSA) is 83.8 Å². The predicted octanol–water partition coefficient (Wildman–Crippen LogP) is -1.14. The van der Waals surface area contributed by atoms with Crippen LogP contribution < -0.4 is 0 Å². The van der Waals surface area contributed by atoms with Gasteiger partial charge in [0.15, 0.2) is 12.4 Å². The quantitative estimate of drug-likeness (QED) is 0.408. The van der Waals surface area contributed by atoms with Crippen LogP contribution in [0.5, 0.6) is 0 Å². The summed E-state index contributed by atoms with van der Waals surface area (Å²) in [7, 11) is 0. The normalized spacial score (nSPS) is 14.9. The smallest absolute Gasteiger partial charge is 0.338 e. The molecular formula is C7H12O5. The zero-order chi connectivity index (χ0) is 9.56. The summed E-state index contributed by atoms with van der Waals surface area (Å²) >= 11 is 0. The average molecular weight is 176 g/mol. The minimum absolute atomic E-state index is 0.0812. The third kappa shape index (κ3) is 3.45. The molecule has 0 aliphatic rings. The van der Waals surface area contributed by atoms with Gasteiger partial charge in [-0.05, 0) is 6.42 Å². The SMILES string of the molecule is CCCOC(=O)[C@@H](O)[C@H](O)C=O. The Labute approximate surface area is 70.0 Å². The van der Waals surface area contributed by atoms with Crippen molar-refractivity contribution in [1.29, 1.82) is 0 Å². The third-order valence-electron chi connectivity index (χ3n) is 1.15. The molecule has 5 nitrogen and oxygen atoms in total. The summed E-state index contributed by atoms with van der Waals surface area (Å²) in [5, 5.41) is 17.5. The van der Waals surface area contributed by atoms with E-state index in [4.69, 9.17) is 10.2 Å². The number of carbonyl (C=O) groups is 2. The molecule has 2 N–H and O–H groups in total. The van der Waals surface area contributed by atoms with Crippen LogP contribution in [0.15, 0.2) is 0 Å². The van der Waals surface area contributed by atoms with Crippen LogP contribution in [0.4, 0.5) is 0 Å². The van der Waals surface area contributed by atoms with Crippen molar-refractivity contribution in [3.8, 4) is 0 Å². The van der Waals surface area contributed by atoms with Gasteiger partial charge in [-0.25, -0.2) is 4.79 Å². The number of hydrogen-bond donors (Lipinski definition) is 2. The maximum absolute atomic E-state index is 10.7. The summed E-state index contributed by atoms with van der Waals surface area (Å²) in [5.41, 5.74) is 0. The fourth-order valence-corrected chi connectivity index (χ4v) is 0.502. The second-order valence-corrected chi connectivity index (χ2v) is 2.24. The Bertz CT molecular complexity index is 156. The molecule has 2 atom stereocenters. The zero-order valence-corrected chi connectivity index (χ0v) is 6.77. The number of hydrogen-bond acceptors (Lipinski definition) is 5. The van der Waals surface area contributed by atoms with Gasteiger partial charge in [0.1, 0.15) is 6.10 Å². The highest BCUT2D eigenvalue weighted by molar-refractivity contribution is 5.79. The van der Waals surface area contributed by atoms with Gasteiger partial charge >= 0.3 is 5.97 Å². The molecule has 0 aliphatic carbocycles. The van der Waals surface area contributed by atoms with Gasteiger partial charge < -0.3 is 19.7 Å². The first kappa shape index (κ1) is 11.1. The van der Waals surface area contributed by atoms with Crippen molar-refractivity contribution >= 4 is 12.3 Å². The van der Waals surface area contributed by atoms with E-state index in [1.807, 2.05) is 0 Å². The minimum atomic E-state index is -1.77. The summed E-state index contributed by atoms with van der Waals surface area (Å²) in [4.78, 5) is 20.6. The molecule has 0 fully saturated rings. The van der Waals surface area contributed by atoms with Crippen LogP contribution >= 0.6 is 0 Å². The molecule has 0 saturated carbocycles. The molecule has 0 unspecified atom stereocenters. The summed E-state index contributed by atoms with van der Waals surface area (Å²) in [6, 6.07) is 0. The number of aldehydes is 1. The first-order chi connectivity index (χ1) is 5.63. The van der Waals surface area contributed by atoms with Gasteiger partial charge in [0.05, 0.1) is 6.61 Å². The lowest BCUT2D eigenvalue weighted by Gasteiger charge is -2.10. The van der Waals surface area contributed by atoms with Gasteiger partial charge in [0.25, 0.3) is 0 Å². The van der Waals surface area contributed by atoms with E-state index < -0.39 is 18.2 Å². The summed E-state index contributed by atoms with van der Waals surface area (Å²) < 4.78 is 4.47. The van der Waals surface area contributed by atoms with Gasteiger partial charge in [-0.2, -0.15) is 0 Å². The number of esters is 1. The molecule has 0 bridgehead atoms. The Morgan fingerprint density at radius 1 is 1.58 bits per heavy atom. The summed E-state index contributed by atoms with van der Waals surface area (Å²) in [6.45, 7) is 1.96. The standard InChI is InChI=1S/C7H12O5/c1-2-3-12-7(11)6(10)5(9)4-8/h4-6,9-10H,2-3H2,1H3/t5-,6+/m1/s1. The summed E-state index contributed by atoms with van der Waals surface area (Å²) in [5.74, 6) is -0.976. The molecular weight excluding hydrogens is 164 g/mol. The molecule has 0 rings (SSSR count). The number of ether oxygens (including phenoxy) is 1. The highest BCUT2D eigenvalue weighted by Gasteiger charge is 2.24. The van der Waals surface area contributed by atoms with Crippen LogP contribution in [0.2, 0.25) is 0 Å². The first-order valence-corrected chi connectivity index (χ1v) is 3.61. The van der Waals surface area contributed by atoms with Gasteiger partial charge in [-0.15, -0.1) is 0 Å². The maximum atomic E-state index is 10.7. The molecule has 0 spiro atoms. The molecule has 0 aromatic rings. The molecule has 0 aromatic heterocycles. The van der Waals surface area contributed by atoms with Crippen molar-refractivity contribution in [2.45, 2.75) is 25.6 Å². The van der Waals surface area contributed by atoms with Crippen molar-refractivity contribution in [1.82, 2.24) is 0 Å². The third-order valence-corrected chi connectivity index (χ3v) is 1.15. The largest absolute Gasteiger partial charge is 0.464 e.